The molecule has 0 unspecified atom stereocenters. The van der Waals surface area contributed by atoms with E-state index in [4.69, 9.17) is 5.73 Å². The number of imide groups is 1. The topological polar surface area (TPSA) is 69.9 Å². The summed E-state index contributed by atoms with van der Waals surface area (Å²) >= 11 is 0. The Kier molecular flexibility index (Phi) is 8.18. The van der Waals surface area contributed by atoms with Gasteiger partial charge in [0.25, 0.3) is 0 Å². The Hall–Kier alpha value is -3.07. The van der Waals surface area contributed by atoms with Gasteiger partial charge in [-0.05, 0) is 43.1 Å². The van der Waals surface area contributed by atoms with Crippen LogP contribution in [0.15, 0.2) is 48.5 Å². The van der Waals surface area contributed by atoms with Crippen LogP contribution >= 0.6 is 0 Å². The van der Waals surface area contributed by atoms with Gasteiger partial charge in [-0.2, -0.15) is 13.2 Å². The summed E-state index contributed by atoms with van der Waals surface area (Å²) in [6.45, 7) is 4.21. The number of benzene rings is 2. The lowest BCUT2D eigenvalue weighted by Crippen LogP contribution is -2.46. The maximum Gasteiger partial charge on any atom is 0.418 e. The van der Waals surface area contributed by atoms with Crippen molar-refractivity contribution < 1.29 is 22.8 Å². The van der Waals surface area contributed by atoms with Crippen molar-refractivity contribution in [3.05, 3.63) is 59.7 Å². The zero-order valence-corrected chi connectivity index (χ0v) is 20.3. The number of nitrogens with two attached hydrogens (primary N) is 1. The Morgan fingerprint density at radius 2 is 1.47 bits per heavy atom. The van der Waals surface area contributed by atoms with Gasteiger partial charge in [-0.1, -0.05) is 36.8 Å². The monoisotopic (exact) mass is 502 g/mol. The number of rotatable bonds is 8. The van der Waals surface area contributed by atoms with E-state index in [9.17, 15) is 22.8 Å². The first-order valence-corrected chi connectivity index (χ1v) is 12.5. The largest absolute Gasteiger partial charge is 0.418 e. The Morgan fingerprint density at radius 3 is 2.11 bits per heavy atom. The number of likely N-dealkylation sites (tertiary alicyclic amines) is 1. The molecular formula is C27H33F3N4O2. The maximum absolute atomic E-state index is 13.2. The Labute approximate surface area is 209 Å². The molecule has 2 aliphatic heterocycles. The van der Waals surface area contributed by atoms with Gasteiger partial charge in [0.1, 0.15) is 0 Å². The summed E-state index contributed by atoms with van der Waals surface area (Å²) in [4.78, 5) is 30.8. The molecule has 2 fully saturated rings. The number of nitrogen functional groups attached to an aromatic ring is 1. The zero-order valence-electron chi connectivity index (χ0n) is 20.3. The van der Waals surface area contributed by atoms with Crippen molar-refractivity contribution in [2.45, 2.75) is 44.2 Å². The molecule has 2 N–H and O–H groups in total. The van der Waals surface area contributed by atoms with E-state index in [0.29, 0.717) is 38.2 Å². The van der Waals surface area contributed by atoms with Crippen LogP contribution in [0.2, 0.25) is 0 Å². The Balaban J connectivity index is 1.15. The van der Waals surface area contributed by atoms with Crippen molar-refractivity contribution in [1.29, 1.82) is 0 Å². The average Bonchev–Trinajstić information content (AvgIpc) is 2.85. The van der Waals surface area contributed by atoms with Crippen molar-refractivity contribution in [3.8, 4) is 0 Å². The molecule has 2 heterocycles. The first-order chi connectivity index (χ1) is 17.2. The molecule has 0 aromatic heterocycles. The smallest absolute Gasteiger partial charge is 0.398 e. The molecule has 194 valence electrons. The van der Waals surface area contributed by atoms with Crippen molar-refractivity contribution in [1.82, 2.24) is 9.80 Å². The number of halogens is 3. The van der Waals surface area contributed by atoms with Crippen LogP contribution in [-0.4, -0.2) is 60.9 Å². The summed E-state index contributed by atoms with van der Waals surface area (Å²) in [5, 5.41) is 0. The summed E-state index contributed by atoms with van der Waals surface area (Å²) in [5.41, 5.74) is 6.05. The van der Waals surface area contributed by atoms with Gasteiger partial charge in [-0.25, -0.2) is 0 Å². The molecule has 0 spiro atoms. The molecule has 9 heteroatoms. The van der Waals surface area contributed by atoms with E-state index < -0.39 is 11.7 Å². The van der Waals surface area contributed by atoms with Crippen LogP contribution in [0.25, 0.3) is 0 Å². The minimum atomic E-state index is -4.46. The zero-order chi connectivity index (χ0) is 25.7. The van der Waals surface area contributed by atoms with Crippen molar-refractivity contribution >= 4 is 23.2 Å². The molecule has 0 aliphatic carbocycles. The molecule has 0 bridgehead atoms. The number of carbonyl (C=O) groups excluding carboxylic acids is 2. The highest BCUT2D eigenvalue weighted by Crippen LogP contribution is 2.36. The van der Waals surface area contributed by atoms with Crippen LogP contribution in [-0.2, 0) is 15.8 Å². The van der Waals surface area contributed by atoms with E-state index in [1.807, 2.05) is 35.2 Å². The number of piperazine rings is 1. The van der Waals surface area contributed by atoms with E-state index in [1.54, 1.807) is 6.07 Å². The molecule has 2 amide bonds. The molecule has 2 saturated heterocycles. The summed E-state index contributed by atoms with van der Waals surface area (Å²) in [7, 11) is 0. The molecule has 6 nitrogen and oxygen atoms in total. The molecule has 2 aliphatic rings. The first kappa shape index (κ1) is 26.0. The van der Waals surface area contributed by atoms with Crippen LogP contribution in [0.1, 0.15) is 49.1 Å². The van der Waals surface area contributed by atoms with Crippen LogP contribution < -0.4 is 10.6 Å². The van der Waals surface area contributed by atoms with Gasteiger partial charge in [0.2, 0.25) is 11.8 Å². The third kappa shape index (κ3) is 6.37. The molecular weight excluding hydrogens is 469 g/mol. The second-order valence-corrected chi connectivity index (χ2v) is 9.61. The van der Waals surface area contributed by atoms with Crippen molar-refractivity contribution in [2.24, 2.45) is 0 Å². The summed E-state index contributed by atoms with van der Waals surface area (Å²) in [6.07, 6.45) is -1.08. The highest BCUT2D eigenvalue weighted by atomic mass is 19.4. The fourth-order valence-electron chi connectivity index (χ4n) is 5.06. The first-order valence-electron chi connectivity index (χ1n) is 12.5. The average molecular weight is 503 g/mol. The van der Waals surface area contributed by atoms with Gasteiger partial charge < -0.3 is 10.6 Å². The number of hydrogen-bond donors (Lipinski definition) is 1. The van der Waals surface area contributed by atoms with Gasteiger partial charge in [0.15, 0.2) is 0 Å². The van der Waals surface area contributed by atoms with Crippen LogP contribution in [0.5, 0.6) is 0 Å². The highest BCUT2D eigenvalue weighted by molar-refractivity contribution is 5.98. The predicted molar refractivity (Wildman–Crippen MR) is 133 cm³/mol. The number of carbonyl (C=O) groups is 2. The number of nitrogens with zero attached hydrogens (tertiary/aromatic N) is 3. The minimum absolute atomic E-state index is 0.0330. The van der Waals surface area contributed by atoms with E-state index in [2.05, 4.69) is 4.90 Å². The lowest BCUT2D eigenvalue weighted by molar-refractivity contribution is -0.148. The van der Waals surface area contributed by atoms with Gasteiger partial charge in [-0.15, -0.1) is 0 Å². The number of piperidine rings is 1. The molecule has 0 saturated carbocycles. The van der Waals surface area contributed by atoms with Crippen molar-refractivity contribution in [3.63, 3.8) is 0 Å². The highest BCUT2D eigenvalue weighted by Gasteiger charge is 2.34. The Bertz CT molecular complexity index is 1030. The molecule has 4 rings (SSSR count). The second kappa shape index (κ2) is 11.3. The summed E-state index contributed by atoms with van der Waals surface area (Å²) in [6, 6.07) is 13.8. The number of hydrogen-bond acceptors (Lipinski definition) is 5. The van der Waals surface area contributed by atoms with Crippen molar-refractivity contribution in [2.75, 3.05) is 49.9 Å². The lowest BCUT2D eigenvalue weighted by atomic mass is 9.88. The number of anilines is 2. The summed E-state index contributed by atoms with van der Waals surface area (Å²) < 4.78 is 39.5. The fraction of sp³-hybridized carbons (Fsp3) is 0.481. The Morgan fingerprint density at radius 1 is 0.833 bits per heavy atom. The van der Waals surface area contributed by atoms with E-state index in [-0.39, 0.29) is 23.4 Å². The second-order valence-electron chi connectivity index (χ2n) is 9.61. The van der Waals surface area contributed by atoms with Gasteiger partial charge in [0.05, 0.1) is 5.56 Å². The molecule has 0 atom stereocenters. The standard InChI is InChI=1S/C27H33F3N4O2/c28-27(29,30)23-19-22(9-10-24(23)31)33-15-13-32(14-16-33)11-5-2-6-12-34-25(35)17-21(18-26(34)36)20-7-3-1-4-8-20/h1,3-4,7-10,19,21H,2,5-6,11-18,31H2. The molecule has 2 aromatic carbocycles. The van der Waals surface area contributed by atoms with E-state index in [1.165, 1.54) is 11.0 Å². The third-order valence-electron chi connectivity index (χ3n) is 7.15. The van der Waals surface area contributed by atoms with E-state index in [0.717, 1.165) is 50.5 Å². The third-order valence-corrected chi connectivity index (χ3v) is 7.15. The number of unbranched alkanes of at least 4 members (excludes halogenated alkanes) is 2. The van der Waals surface area contributed by atoms with Crippen LogP contribution in [0.4, 0.5) is 24.5 Å². The maximum atomic E-state index is 13.2. The van der Waals surface area contributed by atoms with Gasteiger partial charge >= 0.3 is 6.18 Å². The lowest BCUT2D eigenvalue weighted by Gasteiger charge is -2.36. The molecule has 2 aromatic rings. The molecule has 36 heavy (non-hydrogen) atoms. The number of amides is 2. The van der Waals surface area contributed by atoms with Crippen LogP contribution in [0.3, 0.4) is 0 Å². The predicted octanol–water partition coefficient (Wildman–Crippen LogP) is 4.51. The van der Waals surface area contributed by atoms with Gasteiger partial charge in [-0.3, -0.25) is 19.4 Å². The quantitative estimate of drug-likeness (QED) is 0.327. The summed E-state index contributed by atoms with van der Waals surface area (Å²) in [5.74, 6) is -0.213. The SMILES string of the molecule is Nc1ccc(N2CCN(CCCCCN3C(=O)CC(c4ccccc4)CC3=O)CC2)cc1C(F)(F)F. The number of alkyl halides is 3. The normalized spacial score (nSPS) is 18.2. The van der Waals surface area contributed by atoms with Crippen LogP contribution in [0, 0.1) is 0 Å². The van der Waals surface area contributed by atoms with Gasteiger partial charge in [0, 0.05) is 62.9 Å². The fourth-order valence-corrected chi connectivity index (χ4v) is 5.06. The van der Waals surface area contributed by atoms with E-state index >= 15 is 0 Å². The molecule has 0 radical (unpaired) electrons. The minimum Gasteiger partial charge on any atom is -0.398 e.